The third-order valence-corrected chi connectivity index (χ3v) is 3.24. The van der Waals surface area contributed by atoms with E-state index in [4.69, 9.17) is 0 Å². The first-order chi connectivity index (χ1) is 8.76. The summed E-state index contributed by atoms with van der Waals surface area (Å²) in [6, 6.07) is 1.28. The van der Waals surface area contributed by atoms with E-state index < -0.39 is 27.8 Å². The summed E-state index contributed by atoms with van der Waals surface area (Å²) in [7, 11) is 0. The Hall–Kier alpha value is -1.41. The Bertz CT molecular complexity index is 483. The molecule has 0 radical (unpaired) electrons. The SMILES string of the molecule is CSCC(C)(O)CNc1cc(F)cc(F)c1[N+](=O)[O-]. The van der Waals surface area contributed by atoms with Gasteiger partial charge in [-0.2, -0.15) is 16.2 Å². The monoisotopic (exact) mass is 292 g/mol. The Labute approximate surface area is 113 Å². The fourth-order valence-corrected chi connectivity index (χ4v) is 2.26. The minimum absolute atomic E-state index is 0.0580. The van der Waals surface area contributed by atoms with Crippen molar-refractivity contribution in [2.75, 3.05) is 23.9 Å². The first-order valence-electron chi connectivity index (χ1n) is 5.35. The summed E-state index contributed by atoms with van der Waals surface area (Å²) < 4.78 is 26.4. The Morgan fingerprint density at radius 3 is 2.68 bits per heavy atom. The van der Waals surface area contributed by atoms with Crippen LogP contribution in [0.15, 0.2) is 12.1 Å². The van der Waals surface area contributed by atoms with Gasteiger partial charge in [-0.15, -0.1) is 0 Å². The molecule has 106 valence electrons. The maximum Gasteiger partial charge on any atom is 0.327 e. The van der Waals surface area contributed by atoms with Crippen molar-refractivity contribution in [2.45, 2.75) is 12.5 Å². The molecule has 0 aliphatic carbocycles. The molecule has 1 aromatic rings. The minimum Gasteiger partial charge on any atom is -0.387 e. The quantitative estimate of drug-likeness (QED) is 0.622. The molecule has 0 saturated heterocycles. The number of hydrogen-bond donors (Lipinski definition) is 2. The van der Waals surface area contributed by atoms with Crippen LogP contribution in [0.4, 0.5) is 20.2 Å². The molecule has 2 N–H and O–H groups in total. The van der Waals surface area contributed by atoms with E-state index in [0.29, 0.717) is 11.8 Å². The van der Waals surface area contributed by atoms with E-state index in [2.05, 4.69) is 5.32 Å². The Balaban J connectivity index is 2.97. The number of hydrogen-bond acceptors (Lipinski definition) is 5. The summed E-state index contributed by atoms with van der Waals surface area (Å²) in [4.78, 5) is 9.81. The molecule has 0 spiro atoms. The smallest absolute Gasteiger partial charge is 0.327 e. The van der Waals surface area contributed by atoms with Gasteiger partial charge in [-0.1, -0.05) is 0 Å². The highest BCUT2D eigenvalue weighted by Gasteiger charge is 2.25. The minimum atomic E-state index is -1.25. The fraction of sp³-hybridized carbons (Fsp3) is 0.455. The highest BCUT2D eigenvalue weighted by atomic mass is 32.2. The lowest BCUT2D eigenvalue weighted by Crippen LogP contribution is -2.36. The average molecular weight is 292 g/mol. The van der Waals surface area contributed by atoms with Gasteiger partial charge in [0.25, 0.3) is 0 Å². The Morgan fingerprint density at radius 2 is 2.16 bits per heavy atom. The van der Waals surface area contributed by atoms with Gasteiger partial charge in [0.1, 0.15) is 11.5 Å². The van der Waals surface area contributed by atoms with Crippen LogP contribution in [0.2, 0.25) is 0 Å². The molecule has 0 fully saturated rings. The molecule has 0 heterocycles. The second kappa shape index (κ2) is 6.16. The number of rotatable bonds is 6. The van der Waals surface area contributed by atoms with Crippen LogP contribution in [0.1, 0.15) is 6.92 Å². The standard InChI is InChI=1S/C11H14F2N2O3S/c1-11(16,6-19-2)5-14-9-4-7(12)3-8(13)10(9)15(17)18/h3-4,14,16H,5-6H2,1-2H3. The van der Waals surface area contributed by atoms with Crippen LogP contribution in [-0.4, -0.2) is 34.2 Å². The largest absolute Gasteiger partial charge is 0.387 e. The lowest BCUT2D eigenvalue weighted by atomic mass is 10.1. The maximum absolute atomic E-state index is 13.3. The fourth-order valence-electron chi connectivity index (χ4n) is 1.53. The zero-order chi connectivity index (χ0) is 14.6. The zero-order valence-corrected chi connectivity index (χ0v) is 11.3. The summed E-state index contributed by atoms with van der Waals surface area (Å²) in [6.07, 6.45) is 1.79. The van der Waals surface area contributed by atoms with Gasteiger partial charge in [-0.25, -0.2) is 4.39 Å². The molecule has 5 nitrogen and oxygen atoms in total. The first kappa shape index (κ1) is 15.6. The van der Waals surface area contributed by atoms with Crippen LogP contribution < -0.4 is 5.32 Å². The van der Waals surface area contributed by atoms with Gasteiger partial charge in [-0.3, -0.25) is 10.1 Å². The van der Waals surface area contributed by atoms with Crippen LogP contribution in [0.5, 0.6) is 0 Å². The zero-order valence-electron chi connectivity index (χ0n) is 10.4. The number of thioether (sulfide) groups is 1. The molecule has 1 unspecified atom stereocenters. The number of nitrogens with zero attached hydrogens (tertiary/aromatic N) is 1. The molecule has 0 aliphatic rings. The van der Waals surface area contributed by atoms with E-state index in [-0.39, 0.29) is 12.2 Å². The number of nitro groups is 1. The number of aliphatic hydroxyl groups is 1. The van der Waals surface area contributed by atoms with Crippen LogP contribution in [0.3, 0.4) is 0 Å². The Kier molecular flexibility index (Phi) is 5.07. The van der Waals surface area contributed by atoms with Crippen molar-refractivity contribution < 1.29 is 18.8 Å². The number of benzene rings is 1. The van der Waals surface area contributed by atoms with Crippen LogP contribution >= 0.6 is 11.8 Å². The number of anilines is 1. The van der Waals surface area contributed by atoms with E-state index in [1.54, 1.807) is 6.26 Å². The number of halogens is 2. The number of nitrogens with one attached hydrogen (secondary N) is 1. The van der Waals surface area contributed by atoms with Gasteiger partial charge in [-0.05, 0) is 13.2 Å². The van der Waals surface area contributed by atoms with Crippen molar-refractivity contribution in [3.05, 3.63) is 33.9 Å². The highest BCUT2D eigenvalue weighted by Crippen LogP contribution is 2.29. The van der Waals surface area contributed by atoms with Gasteiger partial charge < -0.3 is 10.4 Å². The van der Waals surface area contributed by atoms with E-state index in [1.165, 1.54) is 18.7 Å². The molecule has 1 rings (SSSR count). The van der Waals surface area contributed by atoms with Crippen molar-refractivity contribution in [3.8, 4) is 0 Å². The summed E-state index contributed by atoms with van der Waals surface area (Å²) in [5.74, 6) is -1.79. The van der Waals surface area contributed by atoms with Crippen LogP contribution in [0, 0.1) is 21.7 Å². The van der Waals surface area contributed by atoms with Gasteiger partial charge in [0.2, 0.25) is 5.82 Å². The molecule has 1 aromatic carbocycles. The van der Waals surface area contributed by atoms with Crippen molar-refractivity contribution in [1.82, 2.24) is 0 Å². The van der Waals surface area contributed by atoms with Crippen molar-refractivity contribution in [3.63, 3.8) is 0 Å². The van der Waals surface area contributed by atoms with Crippen LogP contribution in [0.25, 0.3) is 0 Å². The molecule has 8 heteroatoms. The average Bonchev–Trinajstić information content (AvgIpc) is 2.24. The van der Waals surface area contributed by atoms with Crippen molar-refractivity contribution >= 4 is 23.1 Å². The normalized spacial score (nSPS) is 13.9. The van der Waals surface area contributed by atoms with Crippen LogP contribution in [-0.2, 0) is 0 Å². The maximum atomic E-state index is 13.3. The molecule has 0 bridgehead atoms. The summed E-state index contributed by atoms with van der Waals surface area (Å²) in [6.45, 7) is 1.47. The predicted octanol–water partition coefficient (Wildman–Crippen LogP) is 2.40. The van der Waals surface area contributed by atoms with E-state index in [0.717, 1.165) is 6.07 Å². The van der Waals surface area contributed by atoms with Crippen molar-refractivity contribution in [2.24, 2.45) is 0 Å². The highest BCUT2D eigenvalue weighted by molar-refractivity contribution is 7.98. The predicted molar refractivity (Wildman–Crippen MR) is 70.5 cm³/mol. The van der Waals surface area contributed by atoms with Crippen molar-refractivity contribution in [1.29, 1.82) is 0 Å². The molecule has 0 aromatic heterocycles. The van der Waals surface area contributed by atoms with Gasteiger partial charge in [0.05, 0.1) is 10.5 Å². The molecular weight excluding hydrogens is 278 g/mol. The number of nitro benzene ring substituents is 1. The topological polar surface area (TPSA) is 75.4 Å². The lowest BCUT2D eigenvalue weighted by molar-refractivity contribution is -0.386. The van der Waals surface area contributed by atoms with Gasteiger partial charge in [0.15, 0.2) is 0 Å². The second-order valence-electron chi connectivity index (χ2n) is 4.32. The summed E-state index contributed by atoms with van der Waals surface area (Å²) in [5.41, 5.74) is -2.26. The van der Waals surface area contributed by atoms with E-state index in [9.17, 15) is 24.0 Å². The summed E-state index contributed by atoms with van der Waals surface area (Å²) in [5, 5.41) is 23.2. The molecule has 1 atom stereocenters. The van der Waals surface area contributed by atoms with Gasteiger partial charge >= 0.3 is 5.69 Å². The molecular formula is C11H14F2N2O3S. The first-order valence-corrected chi connectivity index (χ1v) is 6.75. The molecule has 19 heavy (non-hydrogen) atoms. The van der Waals surface area contributed by atoms with E-state index in [1.807, 2.05) is 0 Å². The summed E-state index contributed by atoms with van der Waals surface area (Å²) >= 11 is 1.39. The molecule has 0 amide bonds. The second-order valence-corrected chi connectivity index (χ2v) is 5.19. The van der Waals surface area contributed by atoms with E-state index >= 15 is 0 Å². The molecule has 0 aliphatic heterocycles. The third kappa shape index (κ3) is 4.32. The lowest BCUT2D eigenvalue weighted by Gasteiger charge is -2.23. The molecule has 0 saturated carbocycles. The van der Waals surface area contributed by atoms with Gasteiger partial charge in [0, 0.05) is 24.4 Å². The third-order valence-electron chi connectivity index (χ3n) is 2.33. The Morgan fingerprint density at radius 1 is 1.53 bits per heavy atom.